The molecule has 2 aliphatic heterocycles. The molecule has 2 aliphatic rings. The van der Waals surface area contributed by atoms with Crippen LogP contribution in [-0.2, 0) is 31.6 Å². The van der Waals surface area contributed by atoms with Crippen molar-refractivity contribution in [3.05, 3.63) is 76.8 Å². The van der Waals surface area contributed by atoms with E-state index in [1.165, 1.54) is 34.0 Å². The van der Waals surface area contributed by atoms with Crippen molar-refractivity contribution in [2.75, 3.05) is 17.2 Å². The van der Waals surface area contributed by atoms with Gasteiger partial charge in [0.05, 0.1) is 11.9 Å². The Balaban J connectivity index is 1.47. The predicted octanol–water partition coefficient (Wildman–Crippen LogP) is 4.10. The molecule has 0 bridgehead atoms. The zero-order chi connectivity index (χ0) is 30.7. The number of nitrogens with zero attached hydrogens (tertiary/aromatic N) is 6. The molecule has 6 rings (SSSR count). The second-order valence-electron chi connectivity index (χ2n) is 10.6. The van der Waals surface area contributed by atoms with Gasteiger partial charge in [-0.15, -0.1) is 0 Å². The van der Waals surface area contributed by atoms with E-state index in [1.807, 2.05) is 24.3 Å². The fourth-order valence-corrected chi connectivity index (χ4v) is 8.12. The average Bonchev–Trinajstić information content (AvgIpc) is 3.67. The molecule has 0 unspecified atom stereocenters. The highest BCUT2D eigenvalue weighted by atomic mass is 35.5. The molecule has 2 aromatic heterocycles. The second-order valence-corrected chi connectivity index (χ2v) is 13.3. The summed E-state index contributed by atoms with van der Waals surface area (Å²) in [5, 5.41) is 9.97. The van der Waals surface area contributed by atoms with Crippen molar-refractivity contribution < 1.29 is 23.1 Å². The number of hydrogen-bond acceptors (Lipinski definition) is 8. The first-order valence-electron chi connectivity index (χ1n) is 13.2. The molecule has 1 amide bonds. The standard InChI is InChI=1S/C28H25Cl2N7O5S/c1-28(12-16-4-6-17(7-5-16)21-13-32-15-34-24(21)31)26(40)36(20-10-18(29)9-19(30)11-20)27-33-14-23(37(27)28)43(41,42)35-8-2-3-22(35)25(38)39/h4-7,9-11,13-15,22H,2-3,8,12H2,1H3,(H,38,39)(H2,31,32,34)/t22-,28+/m0/s1. The van der Waals surface area contributed by atoms with E-state index in [4.69, 9.17) is 28.9 Å². The SMILES string of the molecule is C[C@@]1(Cc2ccc(-c3cncnc3N)cc2)C(=O)N(c2cc(Cl)cc(Cl)c2)c2ncc(S(=O)(=O)N3CCC[C@H]3C(=O)O)n21. The van der Waals surface area contributed by atoms with Crippen LogP contribution in [0.5, 0.6) is 0 Å². The Hall–Kier alpha value is -4.04. The molecule has 2 atom stereocenters. The van der Waals surface area contributed by atoms with Crippen LogP contribution in [0.25, 0.3) is 11.1 Å². The third kappa shape index (κ3) is 4.82. The number of aliphatic carboxylic acids is 1. The van der Waals surface area contributed by atoms with E-state index in [-0.39, 0.29) is 40.4 Å². The lowest BCUT2D eigenvalue weighted by Crippen LogP contribution is -2.45. The largest absolute Gasteiger partial charge is 0.480 e. The summed E-state index contributed by atoms with van der Waals surface area (Å²) >= 11 is 12.5. The first-order chi connectivity index (χ1) is 20.4. The number of sulfonamides is 1. The smallest absolute Gasteiger partial charge is 0.322 e. The summed E-state index contributed by atoms with van der Waals surface area (Å²) in [5.74, 6) is -1.34. The number of halogens is 2. The van der Waals surface area contributed by atoms with Gasteiger partial charge in [0.2, 0.25) is 5.95 Å². The van der Waals surface area contributed by atoms with Gasteiger partial charge in [-0.2, -0.15) is 4.31 Å². The number of nitrogen functional groups attached to an aromatic ring is 1. The summed E-state index contributed by atoms with van der Waals surface area (Å²) in [7, 11) is -4.38. The lowest BCUT2D eigenvalue weighted by atomic mass is 9.91. The Morgan fingerprint density at radius 3 is 2.47 bits per heavy atom. The monoisotopic (exact) mass is 641 g/mol. The minimum Gasteiger partial charge on any atom is -0.480 e. The molecule has 4 aromatic rings. The molecule has 0 aliphatic carbocycles. The number of benzene rings is 2. The van der Waals surface area contributed by atoms with Crippen LogP contribution >= 0.6 is 23.2 Å². The normalized spacial score (nSPS) is 20.5. The maximum absolute atomic E-state index is 14.3. The molecule has 43 heavy (non-hydrogen) atoms. The van der Waals surface area contributed by atoms with Gasteiger partial charge < -0.3 is 10.8 Å². The number of rotatable bonds is 7. The number of amides is 1. The van der Waals surface area contributed by atoms with E-state index in [0.29, 0.717) is 29.1 Å². The fourth-order valence-electron chi connectivity index (χ4n) is 5.77. The van der Waals surface area contributed by atoms with E-state index >= 15 is 0 Å². The first kappa shape index (κ1) is 29.1. The van der Waals surface area contributed by atoms with Gasteiger partial charge in [0.1, 0.15) is 23.7 Å². The van der Waals surface area contributed by atoms with Gasteiger partial charge in [0, 0.05) is 34.8 Å². The van der Waals surface area contributed by atoms with E-state index in [2.05, 4.69) is 15.0 Å². The third-order valence-corrected chi connectivity index (χ3v) is 10.1. The maximum Gasteiger partial charge on any atom is 0.322 e. The molecule has 0 radical (unpaired) electrons. The number of anilines is 3. The third-order valence-electron chi connectivity index (χ3n) is 7.79. The lowest BCUT2D eigenvalue weighted by Gasteiger charge is -2.28. The summed E-state index contributed by atoms with van der Waals surface area (Å²) in [6.07, 6.45) is 4.77. The average molecular weight is 643 g/mol. The van der Waals surface area contributed by atoms with Crippen LogP contribution in [0.1, 0.15) is 25.3 Å². The number of carbonyl (C=O) groups excluding carboxylic acids is 1. The van der Waals surface area contributed by atoms with Crippen LogP contribution in [0.4, 0.5) is 17.5 Å². The second kappa shape index (κ2) is 10.6. The van der Waals surface area contributed by atoms with Crippen LogP contribution in [0.2, 0.25) is 10.0 Å². The summed E-state index contributed by atoms with van der Waals surface area (Å²) < 4.78 is 30.3. The molecule has 1 fully saturated rings. The van der Waals surface area contributed by atoms with Crippen molar-refractivity contribution in [3.63, 3.8) is 0 Å². The molecule has 0 spiro atoms. The maximum atomic E-state index is 14.3. The summed E-state index contributed by atoms with van der Waals surface area (Å²) in [6.45, 7) is 1.66. The van der Waals surface area contributed by atoms with Crippen molar-refractivity contribution in [1.82, 2.24) is 23.8 Å². The number of fused-ring (bicyclic) bond motifs is 1. The highest BCUT2D eigenvalue weighted by Gasteiger charge is 2.53. The highest BCUT2D eigenvalue weighted by Crippen LogP contribution is 2.45. The quantitative estimate of drug-likeness (QED) is 0.302. The van der Waals surface area contributed by atoms with Gasteiger partial charge in [-0.25, -0.2) is 28.3 Å². The van der Waals surface area contributed by atoms with Gasteiger partial charge in [-0.3, -0.25) is 14.2 Å². The molecule has 0 saturated carbocycles. The zero-order valence-electron chi connectivity index (χ0n) is 22.7. The van der Waals surface area contributed by atoms with E-state index < -0.39 is 33.5 Å². The van der Waals surface area contributed by atoms with E-state index in [9.17, 15) is 23.1 Å². The molecular weight excluding hydrogens is 617 g/mol. The minimum absolute atomic E-state index is 0.0336. The van der Waals surface area contributed by atoms with Crippen LogP contribution in [0.15, 0.2) is 66.2 Å². The van der Waals surface area contributed by atoms with Crippen molar-refractivity contribution in [2.45, 2.75) is 42.8 Å². The van der Waals surface area contributed by atoms with Crippen molar-refractivity contribution >= 4 is 62.6 Å². The number of carboxylic acids is 1. The summed E-state index contributed by atoms with van der Waals surface area (Å²) in [6, 6.07) is 10.6. The predicted molar refractivity (Wildman–Crippen MR) is 160 cm³/mol. The fraction of sp³-hybridized carbons (Fsp3) is 0.250. The number of carbonyl (C=O) groups is 2. The molecule has 3 N–H and O–H groups in total. The topological polar surface area (TPSA) is 165 Å². The Labute approximate surface area is 256 Å². The van der Waals surface area contributed by atoms with Crippen LogP contribution < -0.4 is 10.6 Å². The number of nitrogens with two attached hydrogens (primary N) is 1. The Morgan fingerprint density at radius 2 is 1.81 bits per heavy atom. The highest BCUT2D eigenvalue weighted by molar-refractivity contribution is 7.89. The van der Waals surface area contributed by atoms with Gasteiger partial charge in [-0.1, -0.05) is 47.5 Å². The zero-order valence-corrected chi connectivity index (χ0v) is 25.0. The summed E-state index contributed by atoms with van der Waals surface area (Å²) in [4.78, 5) is 39.9. The van der Waals surface area contributed by atoms with Gasteiger partial charge in [0.15, 0.2) is 5.03 Å². The Bertz CT molecular complexity index is 1860. The number of imidazole rings is 1. The first-order valence-corrected chi connectivity index (χ1v) is 15.4. The molecule has 15 heteroatoms. The summed E-state index contributed by atoms with van der Waals surface area (Å²) in [5.41, 5.74) is 6.95. The minimum atomic E-state index is -4.38. The molecular formula is C28H25Cl2N7O5S. The van der Waals surface area contributed by atoms with Crippen molar-refractivity contribution in [2.24, 2.45) is 0 Å². The number of carboxylic acid groups (broad SMARTS) is 1. The van der Waals surface area contributed by atoms with Gasteiger partial charge in [0.25, 0.3) is 15.9 Å². The van der Waals surface area contributed by atoms with Crippen molar-refractivity contribution in [1.29, 1.82) is 0 Å². The number of hydrogen-bond donors (Lipinski definition) is 2. The van der Waals surface area contributed by atoms with Crippen molar-refractivity contribution in [3.8, 4) is 11.1 Å². The van der Waals surface area contributed by atoms with E-state index in [1.54, 1.807) is 13.1 Å². The lowest BCUT2D eigenvalue weighted by molar-refractivity contribution is -0.140. The van der Waals surface area contributed by atoms with Crippen LogP contribution in [0, 0.1) is 0 Å². The Kier molecular flexibility index (Phi) is 7.16. The molecule has 222 valence electrons. The molecule has 1 saturated heterocycles. The van der Waals surface area contributed by atoms with Crippen LogP contribution in [0.3, 0.4) is 0 Å². The van der Waals surface area contributed by atoms with Crippen LogP contribution in [-0.4, -0.2) is 61.8 Å². The number of aromatic nitrogens is 4. The molecule has 12 nitrogen and oxygen atoms in total. The molecule has 2 aromatic carbocycles. The van der Waals surface area contributed by atoms with E-state index in [0.717, 1.165) is 16.1 Å². The molecule has 4 heterocycles. The van der Waals surface area contributed by atoms with Gasteiger partial charge >= 0.3 is 5.97 Å². The Morgan fingerprint density at radius 1 is 1.12 bits per heavy atom. The van der Waals surface area contributed by atoms with Gasteiger partial charge in [-0.05, 0) is 49.1 Å².